The molecule has 62 valence electrons. The molecule has 0 fully saturated rings. The molecule has 3 aromatic rings. The van der Waals surface area contributed by atoms with Gasteiger partial charge in [0.05, 0.1) is 5.52 Å². The number of benzene rings is 1. The van der Waals surface area contributed by atoms with Crippen LogP contribution in [0.3, 0.4) is 0 Å². The van der Waals surface area contributed by atoms with Crippen molar-refractivity contribution >= 4 is 22.0 Å². The fourth-order valence-corrected chi connectivity index (χ4v) is 1.42. The number of rotatable bonds is 0. The third-order valence-corrected chi connectivity index (χ3v) is 2.06. The quantitative estimate of drug-likeness (QED) is 0.520. The number of nitrogens with zero attached hydrogens (tertiary/aromatic N) is 2. The van der Waals surface area contributed by atoms with E-state index in [9.17, 15) is 0 Å². The zero-order valence-electron chi connectivity index (χ0n) is 6.77. The van der Waals surface area contributed by atoms with Crippen LogP contribution in [0, 0.1) is 0 Å². The number of hydrogen-bond donors (Lipinski definition) is 0. The van der Waals surface area contributed by atoms with Crippen LogP contribution in [0.5, 0.6) is 0 Å². The predicted molar refractivity (Wildman–Crippen MR) is 49.3 cm³/mol. The summed E-state index contributed by atoms with van der Waals surface area (Å²) in [6, 6.07) is 7.80. The van der Waals surface area contributed by atoms with Crippen molar-refractivity contribution in [2.75, 3.05) is 0 Å². The highest BCUT2D eigenvalue weighted by Gasteiger charge is 2.00. The third-order valence-electron chi connectivity index (χ3n) is 2.06. The molecule has 0 aliphatic heterocycles. The van der Waals surface area contributed by atoms with E-state index >= 15 is 0 Å². The number of fused-ring (bicyclic) bond motifs is 2. The SMILES string of the molecule is c1cnc2cc3ocnc3cc2c1. The van der Waals surface area contributed by atoms with E-state index < -0.39 is 0 Å². The molecule has 0 saturated heterocycles. The number of hydrogen-bond acceptors (Lipinski definition) is 3. The summed E-state index contributed by atoms with van der Waals surface area (Å²) in [4.78, 5) is 8.30. The first kappa shape index (κ1) is 6.60. The average Bonchev–Trinajstić information content (AvgIpc) is 2.61. The molecule has 0 aliphatic rings. The van der Waals surface area contributed by atoms with Crippen molar-refractivity contribution in [3.8, 4) is 0 Å². The topological polar surface area (TPSA) is 38.9 Å². The number of aromatic nitrogens is 2. The van der Waals surface area contributed by atoms with Gasteiger partial charge >= 0.3 is 0 Å². The van der Waals surface area contributed by atoms with Crippen LogP contribution in [-0.4, -0.2) is 9.97 Å². The zero-order valence-corrected chi connectivity index (χ0v) is 6.77. The molecule has 2 aromatic heterocycles. The lowest BCUT2D eigenvalue weighted by Gasteiger charge is -1.93. The minimum atomic E-state index is 0.784. The molecule has 0 spiro atoms. The minimum absolute atomic E-state index is 0.784. The van der Waals surface area contributed by atoms with E-state index in [0.29, 0.717) is 0 Å². The second kappa shape index (κ2) is 2.29. The van der Waals surface area contributed by atoms with Crippen LogP contribution in [-0.2, 0) is 0 Å². The van der Waals surface area contributed by atoms with E-state index in [1.807, 2.05) is 24.3 Å². The van der Waals surface area contributed by atoms with E-state index in [0.717, 1.165) is 22.0 Å². The third kappa shape index (κ3) is 0.902. The van der Waals surface area contributed by atoms with Crippen LogP contribution < -0.4 is 0 Å². The predicted octanol–water partition coefficient (Wildman–Crippen LogP) is 2.38. The molecule has 0 bridgehead atoms. The summed E-state index contributed by atoms with van der Waals surface area (Å²) in [7, 11) is 0. The highest BCUT2D eigenvalue weighted by molar-refractivity contribution is 5.91. The standard InChI is InChI=1S/C10H6N2O/c1-2-7-4-9-10(13-6-12-9)5-8(7)11-3-1/h1-6H. The summed E-state index contributed by atoms with van der Waals surface area (Å²) >= 11 is 0. The molecular weight excluding hydrogens is 164 g/mol. The van der Waals surface area contributed by atoms with Crippen LogP contribution in [0.2, 0.25) is 0 Å². The smallest absolute Gasteiger partial charge is 0.181 e. The molecule has 3 nitrogen and oxygen atoms in total. The maximum absolute atomic E-state index is 5.17. The van der Waals surface area contributed by atoms with Gasteiger partial charge in [0, 0.05) is 17.6 Å². The van der Waals surface area contributed by atoms with Crippen LogP contribution in [0.25, 0.3) is 22.0 Å². The fraction of sp³-hybridized carbons (Fsp3) is 0. The van der Waals surface area contributed by atoms with Gasteiger partial charge in [-0.25, -0.2) is 4.98 Å². The zero-order chi connectivity index (χ0) is 8.67. The summed E-state index contributed by atoms with van der Waals surface area (Å²) in [6.07, 6.45) is 3.22. The highest BCUT2D eigenvalue weighted by Crippen LogP contribution is 2.19. The molecule has 0 saturated carbocycles. The molecule has 0 N–H and O–H groups in total. The molecule has 3 rings (SSSR count). The number of oxazole rings is 1. The second-order valence-electron chi connectivity index (χ2n) is 2.87. The molecule has 13 heavy (non-hydrogen) atoms. The Morgan fingerprint density at radius 2 is 2.08 bits per heavy atom. The van der Waals surface area contributed by atoms with Gasteiger partial charge in [-0.1, -0.05) is 6.07 Å². The van der Waals surface area contributed by atoms with Crippen LogP contribution >= 0.6 is 0 Å². The molecule has 0 unspecified atom stereocenters. The summed E-state index contributed by atoms with van der Waals surface area (Å²) in [6.45, 7) is 0. The van der Waals surface area contributed by atoms with Crippen molar-refractivity contribution in [1.82, 2.24) is 9.97 Å². The Morgan fingerprint density at radius 1 is 1.08 bits per heavy atom. The lowest BCUT2D eigenvalue weighted by Crippen LogP contribution is -1.76. The Morgan fingerprint density at radius 3 is 3.08 bits per heavy atom. The van der Waals surface area contributed by atoms with E-state index in [4.69, 9.17) is 4.42 Å². The molecule has 3 heteroatoms. The van der Waals surface area contributed by atoms with Crippen LogP contribution in [0.15, 0.2) is 41.3 Å². The Kier molecular flexibility index (Phi) is 1.16. The van der Waals surface area contributed by atoms with Crippen molar-refractivity contribution in [3.63, 3.8) is 0 Å². The molecule has 2 heterocycles. The van der Waals surface area contributed by atoms with E-state index in [2.05, 4.69) is 9.97 Å². The van der Waals surface area contributed by atoms with Crippen LogP contribution in [0.1, 0.15) is 0 Å². The van der Waals surface area contributed by atoms with E-state index in [1.54, 1.807) is 6.20 Å². The molecule has 0 amide bonds. The van der Waals surface area contributed by atoms with Gasteiger partial charge in [-0.2, -0.15) is 0 Å². The van der Waals surface area contributed by atoms with Gasteiger partial charge < -0.3 is 4.42 Å². The molecule has 0 atom stereocenters. The Hall–Kier alpha value is -1.90. The maximum atomic E-state index is 5.17. The van der Waals surface area contributed by atoms with Gasteiger partial charge in [0.1, 0.15) is 5.52 Å². The van der Waals surface area contributed by atoms with Crippen LogP contribution in [0.4, 0.5) is 0 Å². The second-order valence-corrected chi connectivity index (χ2v) is 2.87. The lowest BCUT2D eigenvalue weighted by atomic mass is 10.2. The highest BCUT2D eigenvalue weighted by atomic mass is 16.3. The number of pyridine rings is 1. The van der Waals surface area contributed by atoms with Gasteiger partial charge in [-0.05, 0) is 12.1 Å². The first-order valence-corrected chi connectivity index (χ1v) is 4.01. The van der Waals surface area contributed by atoms with E-state index in [1.165, 1.54) is 6.39 Å². The van der Waals surface area contributed by atoms with Gasteiger partial charge in [0.2, 0.25) is 0 Å². The monoisotopic (exact) mass is 170 g/mol. The van der Waals surface area contributed by atoms with Gasteiger partial charge in [-0.15, -0.1) is 0 Å². The summed E-state index contributed by atoms with van der Waals surface area (Å²) in [5.74, 6) is 0. The minimum Gasteiger partial charge on any atom is -0.443 e. The average molecular weight is 170 g/mol. The Labute approximate surface area is 74.0 Å². The van der Waals surface area contributed by atoms with Crippen molar-refractivity contribution in [2.24, 2.45) is 0 Å². The summed E-state index contributed by atoms with van der Waals surface area (Å²) in [5.41, 5.74) is 2.60. The first-order valence-electron chi connectivity index (χ1n) is 4.01. The largest absolute Gasteiger partial charge is 0.443 e. The van der Waals surface area contributed by atoms with Gasteiger partial charge in [0.25, 0.3) is 0 Å². The van der Waals surface area contributed by atoms with Crippen molar-refractivity contribution in [3.05, 3.63) is 36.9 Å². The molecule has 0 aliphatic carbocycles. The molecular formula is C10H6N2O. The summed E-state index contributed by atoms with van der Waals surface area (Å²) in [5, 5.41) is 1.09. The summed E-state index contributed by atoms with van der Waals surface area (Å²) < 4.78 is 5.17. The molecule has 1 aromatic carbocycles. The fourth-order valence-electron chi connectivity index (χ4n) is 1.42. The Bertz CT molecular complexity index is 521. The van der Waals surface area contributed by atoms with Gasteiger partial charge in [-0.3, -0.25) is 4.98 Å². The van der Waals surface area contributed by atoms with Crippen molar-refractivity contribution < 1.29 is 4.42 Å². The Balaban J connectivity index is 2.57. The normalized spacial score (nSPS) is 11.1. The molecule has 0 radical (unpaired) electrons. The first-order chi connectivity index (χ1) is 6.43. The lowest BCUT2D eigenvalue weighted by molar-refractivity contribution is 0.602. The van der Waals surface area contributed by atoms with Crippen molar-refractivity contribution in [2.45, 2.75) is 0 Å². The van der Waals surface area contributed by atoms with Crippen molar-refractivity contribution in [1.29, 1.82) is 0 Å². The maximum Gasteiger partial charge on any atom is 0.181 e. The van der Waals surface area contributed by atoms with E-state index in [-0.39, 0.29) is 0 Å². The van der Waals surface area contributed by atoms with Gasteiger partial charge in [0.15, 0.2) is 12.0 Å².